The van der Waals surface area contributed by atoms with Crippen LogP contribution in [0.25, 0.3) is 0 Å². The van der Waals surface area contributed by atoms with E-state index >= 15 is 0 Å². The number of imidazole rings is 1. The highest BCUT2D eigenvalue weighted by Crippen LogP contribution is 2.11. The molecule has 0 spiro atoms. The van der Waals surface area contributed by atoms with Gasteiger partial charge in [0.15, 0.2) is 0 Å². The molecule has 1 heterocycles. The van der Waals surface area contributed by atoms with E-state index in [0.717, 1.165) is 26.1 Å². The molecular formula is C17H26N4. The van der Waals surface area contributed by atoms with Crippen molar-refractivity contribution in [2.24, 2.45) is 0 Å². The van der Waals surface area contributed by atoms with Crippen LogP contribution in [0.4, 0.5) is 5.69 Å². The first-order valence-electron chi connectivity index (χ1n) is 7.65. The van der Waals surface area contributed by atoms with Gasteiger partial charge in [-0.25, -0.2) is 4.98 Å². The van der Waals surface area contributed by atoms with Crippen LogP contribution in [0, 0.1) is 0 Å². The third-order valence-electron chi connectivity index (χ3n) is 3.58. The molecule has 1 aromatic heterocycles. The number of nitrogens with one attached hydrogen (secondary N) is 1. The summed E-state index contributed by atoms with van der Waals surface area (Å²) in [5.74, 6) is 0. The second kappa shape index (κ2) is 7.84. The van der Waals surface area contributed by atoms with E-state index in [4.69, 9.17) is 0 Å². The molecule has 0 aliphatic carbocycles. The van der Waals surface area contributed by atoms with Crippen molar-refractivity contribution in [3.8, 4) is 0 Å². The standard InChI is InChI=1S/C17H26N4/c1-15(2)19-13-17-12-18-14-21(17)11-7-10-20(3)16-8-5-4-6-9-16/h4-6,8-9,12,14-15,19H,7,10-11,13H2,1-3H3. The molecule has 0 unspecified atom stereocenters. The summed E-state index contributed by atoms with van der Waals surface area (Å²) < 4.78 is 2.24. The van der Waals surface area contributed by atoms with Crippen LogP contribution in [0.3, 0.4) is 0 Å². The number of aryl methyl sites for hydroxylation is 1. The zero-order valence-corrected chi connectivity index (χ0v) is 13.3. The van der Waals surface area contributed by atoms with Gasteiger partial charge >= 0.3 is 0 Å². The van der Waals surface area contributed by atoms with Gasteiger partial charge in [-0.05, 0) is 18.6 Å². The third-order valence-corrected chi connectivity index (χ3v) is 3.58. The van der Waals surface area contributed by atoms with Gasteiger partial charge in [-0.3, -0.25) is 0 Å². The lowest BCUT2D eigenvalue weighted by atomic mass is 10.3. The van der Waals surface area contributed by atoms with Crippen molar-refractivity contribution in [3.05, 3.63) is 48.5 Å². The molecule has 0 aliphatic heterocycles. The van der Waals surface area contributed by atoms with Gasteiger partial charge in [0, 0.05) is 44.6 Å². The molecule has 0 bridgehead atoms. The fourth-order valence-electron chi connectivity index (χ4n) is 2.30. The number of nitrogens with zero attached hydrogens (tertiary/aromatic N) is 3. The minimum Gasteiger partial charge on any atom is -0.375 e. The molecule has 21 heavy (non-hydrogen) atoms. The van der Waals surface area contributed by atoms with Gasteiger partial charge in [-0.15, -0.1) is 0 Å². The minimum absolute atomic E-state index is 0.498. The fourth-order valence-corrected chi connectivity index (χ4v) is 2.30. The molecule has 1 N–H and O–H groups in total. The lowest BCUT2D eigenvalue weighted by Gasteiger charge is -2.19. The van der Waals surface area contributed by atoms with Gasteiger partial charge in [0.2, 0.25) is 0 Å². The average molecular weight is 286 g/mol. The van der Waals surface area contributed by atoms with E-state index in [1.807, 2.05) is 12.5 Å². The maximum absolute atomic E-state index is 4.27. The van der Waals surface area contributed by atoms with E-state index in [1.54, 1.807) is 0 Å². The van der Waals surface area contributed by atoms with Crippen molar-refractivity contribution in [3.63, 3.8) is 0 Å². The molecular weight excluding hydrogens is 260 g/mol. The summed E-state index contributed by atoms with van der Waals surface area (Å²) in [6, 6.07) is 11.0. The first kappa shape index (κ1) is 15.6. The minimum atomic E-state index is 0.498. The second-order valence-electron chi connectivity index (χ2n) is 5.72. The van der Waals surface area contributed by atoms with Crippen LogP contribution in [0.5, 0.6) is 0 Å². The smallest absolute Gasteiger partial charge is 0.0948 e. The van der Waals surface area contributed by atoms with E-state index in [-0.39, 0.29) is 0 Å². The lowest BCUT2D eigenvalue weighted by Crippen LogP contribution is -2.24. The summed E-state index contributed by atoms with van der Waals surface area (Å²) in [4.78, 5) is 6.56. The van der Waals surface area contributed by atoms with Crippen molar-refractivity contribution < 1.29 is 0 Å². The van der Waals surface area contributed by atoms with Crippen LogP contribution in [-0.4, -0.2) is 29.2 Å². The van der Waals surface area contributed by atoms with Crippen molar-refractivity contribution in [2.45, 2.75) is 39.4 Å². The quantitative estimate of drug-likeness (QED) is 0.810. The molecule has 0 atom stereocenters. The first-order valence-corrected chi connectivity index (χ1v) is 7.65. The van der Waals surface area contributed by atoms with Gasteiger partial charge in [0.1, 0.15) is 0 Å². The molecule has 4 nitrogen and oxygen atoms in total. The normalized spacial score (nSPS) is 11.0. The highest BCUT2D eigenvalue weighted by molar-refractivity contribution is 5.44. The summed E-state index contributed by atoms with van der Waals surface area (Å²) in [5, 5.41) is 3.44. The Kier molecular flexibility index (Phi) is 5.81. The van der Waals surface area contributed by atoms with Crippen LogP contribution in [0.1, 0.15) is 26.0 Å². The van der Waals surface area contributed by atoms with Crippen LogP contribution in [0.15, 0.2) is 42.9 Å². The van der Waals surface area contributed by atoms with Crippen LogP contribution >= 0.6 is 0 Å². The lowest BCUT2D eigenvalue weighted by molar-refractivity contribution is 0.546. The summed E-state index contributed by atoms with van der Waals surface area (Å²) in [5.41, 5.74) is 2.52. The Morgan fingerprint density at radius 2 is 2.00 bits per heavy atom. The highest BCUT2D eigenvalue weighted by atomic mass is 15.1. The molecule has 2 aromatic rings. The molecule has 0 saturated heterocycles. The third kappa shape index (κ3) is 4.90. The molecule has 0 amide bonds. The molecule has 2 rings (SSSR count). The average Bonchev–Trinajstić information content (AvgIpc) is 2.93. The molecule has 114 valence electrons. The summed E-state index contributed by atoms with van der Waals surface area (Å²) >= 11 is 0. The summed E-state index contributed by atoms with van der Waals surface area (Å²) in [6.07, 6.45) is 4.99. The second-order valence-corrected chi connectivity index (χ2v) is 5.72. The zero-order valence-electron chi connectivity index (χ0n) is 13.3. The molecule has 1 aromatic carbocycles. The molecule has 0 aliphatic rings. The maximum Gasteiger partial charge on any atom is 0.0948 e. The molecule has 0 radical (unpaired) electrons. The number of aromatic nitrogens is 2. The van der Waals surface area contributed by atoms with E-state index in [2.05, 4.69) is 71.0 Å². The van der Waals surface area contributed by atoms with Crippen molar-refractivity contribution in [1.82, 2.24) is 14.9 Å². The van der Waals surface area contributed by atoms with E-state index in [9.17, 15) is 0 Å². The van der Waals surface area contributed by atoms with Gasteiger partial charge in [0.05, 0.1) is 12.0 Å². The van der Waals surface area contributed by atoms with Gasteiger partial charge in [-0.2, -0.15) is 0 Å². The zero-order chi connectivity index (χ0) is 15.1. The van der Waals surface area contributed by atoms with Crippen LogP contribution in [-0.2, 0) is 13.1 Å². The van der Waals surface area contributed by atoms with E-state index in [0.29, 0.717) is 6.04 Å². The molecule has 4 heteroatoms. The molecule has 0 fully saturated rings. The monoisotopic (exact) mass is 286 g/mol. The highest BCUT2D eigenvalue weighted by Gasteiger charge is 2.04. The Labute approximate surface area is 127 Å². The number of anilines is 1. The van der Waals surface area contributed by atoms with Gasteiger partial charge < -0.3 is 14.8 Å². The SMILES string of the molecule is CC(C)NCc1cncn1CCCN(C)c1ccccc1. The summed E-state index contributed by atoms with van der Waals surface area (Å²) in [6.45, 7) is 7.25. The molecule has 0 saturated carbocycles. The Hall–Kier alpha value is -1.81. The Balaban J connectivity index is 1.80. The van der Waals surface area contributed by atoms with Crippen molar-refractivity contribution in [1.29, 1.82) is 0 Å². The number of hydrogen-bond donors (Lipinski definition) is 1. The first-order chi connectivity index (χ1) is 10.2. The predicted octanol–water partition coefficient (Wildman–Crippen LogP) is 2.91. The Morgan fingerprint density at radius 3 is 2.71 bits per heavy atom. The van der Waals surface area contributed by atoms with E-state index in [1.165, 1.54) is 11.4 Å². The predicted molar refractivity (Wildman–Crippen MR) is 88.5 cm³/mol. The van der Waals surface area contributed by atoms with Crippen LogP contribution in [0.2, 0.25) is 0 Å². The van der Waals surface area contributed by atoms with E-state index < -0.39 is 0 Å². The van der Waals surface area contributed by atoms with Crippen molar-refractivity contribution >= 4 is 5.69 Å². The van der Waals surface area contributed by atoms with Gasteiger partial charge in [0.25, 0.3) is 0 Å². The Morgan fingerprint density at radius 1 is 1.24 bits per heavy atom. The number of hydrogen-bond acceptors (Lipinski definition) is 3. The van der Waals surface area contributed by atoms with Crippen molar-refractivity contribution in [2.75, 3.05) is 18.5 Å². The topological polar surface area (TPSA) is 33.1 Å². The number of rotatable bonds is 8. The largest absolute Gasteiger partial charge is 0.375 e. The Bertz CT molecular complexity index is 519. The number of benzene rings is 1. The van der Waals surface area contributed by atoms with Crippen LogP contribution < -0.4 is 10.2 Å². The maximum atomic E-state index is 4.27. The summed E-state index contributed by atoms with van der Waals surface area (Å²) in [7, 11) is 2.14. The number of para-hydroxylation sites is 1. The van der Waals surface area contributed by atoms with Gasteiger partial charge in [-0.1, -0.05) is 32.0 Å². The fraction of sp³-hybridized carbons (Fsp3) is 0.471.